The van der Waals surface area contributed by atoms with Crippen molar-refractivity contribution >= 4 is 38.1 Å². The van der Waals surface area contributed by atoms with Gasteiger partial charge in [-0.1, -0.05) is 74.3 Å². The first-order chi connectivity index (χ1) is 13.7. The lowest BCUT2D eigenvalue weighted by atomic mass is 10.2. The summed E-state index contributed by atoms with van der Waals surface area (Å²) >= 11 is 6.99. The number of ether oxygens (including phenoxy) is 3. The lowest BCUT2D eigenvalue weighted by Gasteiger charge is -2.15. The molecule has 3 aromatic rings. The van der Waals surface area contributed by atoms with E-state index in [2.05, 4.69) is 31.9 Å². The highest BCUT2D eigenvalue weighted by Gasteiger charge is 2.11. The van der Waals surface area contributed by atoms with Crippen molar-refractivity contribution in [3.05, 3.63) is 83.9 Å². The Balaban J connectivity index is 1.62. The van der Waals surface area contributed by atoms with E-state index in [1.807, 2.05) is 48.5 Å². The molecule has 0 radical (unpaired) electrons. The predicted octanol–water partition coefficient (Wildman–Crippen LogP) is 6.54. The largest absolute Gasteiger partial charge is 0.490 e. The topological polar surface area (TPSA) is 44.8 Å². The van der Waals surface area contributed by atoms with Gasteiger partial charge in [-0.15, -0.1) is 0 Å². The fourth-order valence-electron chi connectivity index (χ4n) is 2.54. The molecule has 0 aliphatic rings. The normalized spacial score (nSPS) is 10.5. The van der Waals surface area contributed by atoms with Gasteiger partial charge < -0.3 is 14.2 Å². The molecule has 0 N–H and O–H groups in total. The minimum absolute atomic E-state index is 0.0177. The Kier molecular flexibility index (Phi) is 7.51. The fraction of sp³-hybridized carbons (Fsp3) is 0.136. The smallest absolute Gasteiger partial charge is 0.169 e. The van der Waals surface area contributed by atoms with Crippen LogP contribution in [0.2, 0.25) is 0 Å². The first-order valence-electron chi connectivity index (χ1n) is 8.63. The molecule has 28 heavy (non-hydrogen) atoms. The van der Waals surface area contributed by atoms with Crippen molar-refractivity contribution in [2.45, 2.75) is 3.74 Å². The van der Waals surface area contributed by atoms with Crippen molar-refractivity contribution < 1.29 is 19.0 Å². The molecule has 0 amide bonds. The van der Waals surface area contributed by atoms with Crippen molar-refractivity contribution in [1.82, 2.24) is 0 Å². The molecule has 3 aromatic carbocycles. The van der Waals surface area contributed by atoms with E-state index in [4.69, 9.17) is 14.2 Å². The van der Waals surface area contributed by atoms with Gasteiger partial charge in [0.05, 0.1) is 9.30 Å². The maximum atomic E-state index is 11.2. The van der Waals surface area contributed by atoms with Crippen LogP contribution in [0.4, 0.5) is 0 Å². The van der Waals surface area contributed by atoms with Gasteiger partial charge in [0.2, 0.25) is 0 Å². The standard InChI is InChI=1S/C22H18Br2O4/c23-22(24)17-8-2-4-10-19(17)26-13-14-27-20-11-5-6-12-21(20)28-18-9-3-1-7-16(18)15-25/h1-12,15,22H,13-14H2. The summed E-state index contributed by atoms with van der Waals surface area (Å²) in [4.78, 5) is 11.2. The van der Waals surface area contributed by atoms with E-state index in [1.165, 1.54) is 0 Å². The van der Waals surface area contributed by atoms with Crippen LogP contribution >= 0.6 is 31.9 Å². The van der Waals surface area contributed by atoms with Crippen molar-refractivity contribution in [3.63, 3.8) is 0 Å². The summed E-state index contributed by atoms with van der Waals surface area (Å²) in [5.74, 6) is 2.39. The summed E-state index contributed by atoms with van der Waals surface area (Å²) in [7, 11) is 0. The van der Waals surface area contributed by atoms with E-state index < -0.39 is 0 Å². The highest BCUT2D eigenvalue weighted by Crippen LogP contribution is 2.36. The van der Waals surface area contributed by atoms with Gasteiger partial charge in [0.15, 0.2) is 17.8 Å². The van der Waals surface area contributed by atoms with E-state index in [-0.39, 0.29) is 3.74 Å². The van der Waals surface area contributed by atoms with E-state index in [1.54, 1.807) is 24.3 Å². The van der Waals surface area contributed by atoms with Crippen molar-refractivity contribution in [2.75, 3.05) is 13.2 Å². The third-order valence-electron chi connectivity index (χ3n) is 3.87. The van der Waals surface area contributed by atoms with Crippen molar-refractivity contribution in [2.24, 2.45) is 0 Å². The Morgan fingerprint density at radius 3 is 1.93 bits per heavy atom. The zero-order valence-corrected chi connectivity index (χ0v) is 18.1. The number of benzene rings is 3. The Hall–Kier alpha value is -2.31. The average Bonchev–Trinajstić information content (AvgIpc) is 2.73. The third-order valence-corrected chi connectivity index (χ3v) is 4.85. The summed E-state index contributed by atoms with van der Waals surface area (Å²) in [6.45, 7) is 0.724. The van der Waals surface area contributed by atoms with Crippen LogP contribution in [0, 0.1) is 0 Å². The molecule has 0 aliphatic heterocycles. The van der Waals surface area contributed by atoms with Gasteiger partial charge in [0.25, 0.3) is 0 Å². The Bertz CT molecular complexity index is 928. The zero-order valence-electron chi connectivity index (χ0n) is 14.9. The summed E-state index contributed by atoms with van der Waals surface area (Å²) in [6, 6.07) is 22.2. The van der Waals surface area contributed by atoms with Gasteiger partial charge in [-0.05, 0) is 30.3 Å². The Labute approximate surface area is 180 Å². The molecule has 0 aliphatic carbocycles. The van der Waals surface area contributed by atoms with Crippen LogP contribution in [-0.2, 0) is 0 Å². The molecular weight excluding hydrogens is 488 g/mol. The van der Waals surface area contributed by atoms with Crippen LogP contribution < -0.4 is 14.2 Å². The molecule has 0 bridgehead atoms. The molecule has 0 saturated carbocycles. The Morgan fingerprint density at radius 1 is 0.714 bits per heavy atom. The van der Waals surface area contributed by atoms with Crippen LogP contribution in [0.15, 0.2) is 72.8 Å². The van der Waals surface area contributed by atoms with E-state index in [0.717, 1.165) is 17.6 Å². The molecule has 144 valence electrons. The third kappa shape index (κ3) is 5.36. The first kappa shape index (κ1) is 20.4. The zero-order chi connectivity index (χ0) is 19.8. The molecule has 0 unspecified atom stereocenters. The van der Waals surface area contributed by atoms with Crippen LogP contribution in [0.25, 0.3) is 0 Å². The van der Waals surface area contributed by atoms with Gasteiger partial charge in [0.1, 0.15) is 24.7 Å². The SMILES string of the molecule is O=Cc1ccccc1Oc1ccccc1OCCOc1ccccc1C(Br)Br. The molecule has 0 atom stereocenters. The molecule has 0 fully saturated rings. The second-order valence-electron chi connectivity index (χ2n) is 5.74. The number of rotatable bonds is 9. The van der Waals surface area contributed by atoms with Crippen molar-refractivity contribution in [1.29, 1.82) is 0 Å². The van der Waals surface area contributed by atoms with Crippen LogP contribution in [0.1, 0.15) is 19.7 Å². The van der Waals surface area contributed by atoms with Crippen LogP contribution in [-0.4, -0.2) is 19.5 Å². The molecule has 3 rings (SSSR count). The maximum Gasteiger partial charge on any atom is 0.169 e. The van der Waals surface area contributed by atoms with Crippen LogP contribution in [0.3, 0.4) is 0 Å². The summed E-state index contributed by atoms with van der Waals surface area (Å²) in [6.07, 6.45) is 0.769. The van der Waals surface area contributed by atoms with Crippen LogP contribution in [0.5, 0.6) is 23.0 Å². The number of halogens is 2. The van der Waals surface area contributed by atoms with Gasteiger partial charge in [-0.25, -0.2) is 0 Å². The highest BCUT2D eigenvalue weighted by molar-refractivity contribution is 9.24. The molecular formula is C22H18Br2O4. The van der Waals surface area contributed by atoms with Gasteiger partial charge in [0, 0.05) is 5.56 Å². The minimum Gasteiger partial charge on any atom is -0.490 e. The monoisotopic (exact) mass is 504 g/mol. The van der Waals surface area contributed by atoms with Gasteiger partial charge in [-0.3, -0.25) is 4.79 Å². The van der Waals surface area contributed by atoms with E-state index in [0.29, 0.717) is 36.0 Å². The van der Waals surface area contributed by atoms with Crippen molar-refractivity contribution in [3.8, 4) is 23.0 Å². The average molecular weight is 506 g/mol. The Morgan fingerprint density at radius 2 is 1.25 bits per heavy atom. The highest BCUT2D eigenvalue weighted by atomic mass is 79.9. The number of carbonyl (C=O) groups excluding carboxylic acids is 1. The molecule has 0 heterocycles. The number of para-hydroxylation sites is 4. The molecule has 0 spiro atoms. The van der Waals surface area contributed by atoms with E-state index >= 15 is 0 Å². The number of aldehydes is 1. The predicted molar refractivity (Wildman–Crippen MR) is 116 cm³/mol. The first-order valence-corrected chi connectivity index (χ1v) is 10.5. The lowest BCUT2D eigenvalue weighted by Crippen LogP contribution is -2.10. The second-order valence-corrected chi connectivity index (χ2v) is 8.80. The fourth-order valence-corrected chi connectivity index (χ4v) is 3.30. The quantitative estimate of drug-likeness (QED) is 0.188. The maximum absolute atomic E-state index is 11.2. The molecule has 6 heteroatoms. The number of hydrogen-bond acceptors (Lipinski definition) is 4. The lowest BCUT2D eigenvalue weighted by molar-refractivity contribution is 0.112. The number of hydrogen-bond donors (Lipinski definition) is 0. The summed E-state index contributed by atoms with van der Waals surface area (Å²) in [5.41, 5.74) is 1.49. The number of alkyl halides is 2. The summed E-state index contributed by atoms with van der Waals surface area (Å²) in [5, 5.41) is 0. The molecule has 4 nitrogen and oxygen atoms in total. The number of carbonyl (C=O) groups is 1. The van der Waals surface area contributed by atoms with Gasteiger partial charge in [-0.2, -0.15) is 0 Å². The van der Waals surface area contributed by atoms with Gasteiger partial charge >= 0.3 is 0 Å². The summed E-state index contributed by atoms with van der Waals surface area (Å²) < 4.78 is 17.6. The minimum atomic E-state index is 0.0177. The molecule has 0 saturated heterocycles. The second kappa shape index (κ2) is 10.3. The van der Waals surface area contributed by atoms with E-state index in [9.17, 15) is 4.79 Å². The molecule has 0 aromatic heterocycles.